The normalized spacial score (nSPS) is 14.1. The van der Waals surface area contributed by atoms with E-state index >= 15 is 0 Å². The average Bonchev–Trinajstić information content (AvgIpc) is 3.24. The summed E-state index contributed by atoms with van der Waals surface area (Å²) < 4.78 is 59.2. The van der Waals surface area contributed by atoms with Crippen molar-refractivity contribution in [3.05, 3.63) is 60.5 Å². The standard InChI is InChI=1S/C19H12Cl2F4O3S/c1-28-18(27)17-10-4-2-3-9(10)16(29-17)14(26)7-11(19(23,24)25)8-5-12(20)15(22)13(21)6-8/h5-7H,2-4H2,1H3/b11-7-. The Kier molecular flexibility index (Phi) is 6.08. The molecule has 0 unspecified atom stereocenters. The van der Waals surface area contributed by atoms with Crippen LogP contribution in [0.2, 0.25) is 10.0 Å². The largest absolute Gasteiger partial charge is 0.465 e. The van der Waals surface area contributed by atoms with Crippen LogP contribution in [-0.4, -0.2) is 25.0 Å². The Hall–Kier alpha value is -1.90. The molecule has 1 aromatic heterocycles. The minimum atomic E-state index is -4.92. The van der Waals surface area contributed by atoms with Crippen LogP contribution in [0.1, 0.15) is 42.5 Å². The molecule has 0 saturated carbocycles. The summed E-state index contributed by atoms with van der Waals surface area (Å²) in [5.41, 5.74) is -0.650. The molecule has 1 aromatic carbocycles. The molecule has 3 rings (SSSR count). The van der Waals surface area contributed by atoms with Crippen LogP contribution in [-0.2, 0) is 17.6 Å². The van der Waals surface area contributed by atoms with Gasteiger partial charge in [0.1, 0.15) is 4.88 Å². The van der Waals surface area contributed by atoms with Gasteiger partial charge in [-0.05, 0) is 54.2 Å². The maximum Gasteiger partial charge on any atom is 0.417 e. The van der Waals surface area contributed by atoms with Gasteiger partial charge in [0, 0.05) is 0 Å². The first kappa shape index (κ1) is 21.8. The number of fused-ring (bicyclic) bond motifs is 1. The first-order chi connectivity index (χ1) is 13.5. The zero-order chi connectivity index (χ0) is 21.5. The second kappa shape index (κ2) is 8.08. The molecule has 0 aliphatic heterocycles. The molecule has 0 saturated heterocycles. The van der Waals surface area contributed by atoms with Crippen LogP contribution in [0.15, 0.2) is 18.2 Å². The van der Waals surface area contributed by atoms with E-state index in [2.05, 4.69) is 0 Å². The van der Waals surface area contributed by atoms with Crippen LogP contribution >= 0.6 is 34.5 Å². The van der Waals surface area contributed by atoms with Gasteiger partial charge >= 0.3 is 12.1 Å². The lowest BCUT2D eigenvalue weighted by molar-refractivity contribution is -0.0689. The van der Waals surface area contributed by atoms with Crippen LogP contribution in [0.3, 0.4) is 0 Å². The maximum absolute atomic E-state index is 13.6. The minimum absolute atomic E-state index is 0.0546. The van der Waals surface area contributed by atoms with Gasteiger partial charge in [0.15, 0.2) is 11.6 Å². The van der Waals surface area contributed by atoms with Crippen molar-refractivity contribution in [3.63, 3.8) is 0 Å². The highest BCUT2D eigenvalue weighted by Crippen LogP contribution is 2.40. The summed E-state index contributed by atoms with van der Waals surface area (Å²) in [6, 6.07) is 1.52. The van der Waals surface area contributed by atoms with Gasteiger partial charge in [0.05, 0.1) is 27.6 Å². The molecule has 3 nitrogen and oxygen atoms in total. The van der Waals surface area contributed by atoms with E-state index in [-0.39, 0.29) is 9.75 Å². The van der Waals surface area contributed by atoms with Gasteiger partial charge < -0.3 is 4.74 Å². The molecule has 10 heteroatoms. The third-order valence-corrected chi connectivity index (χ3v) is 6.26. The van der Waals surface area contributed by atoms with E-state index in [0.29, 0.717) is 36.5 Å². The van der Waals surface area contributed by atoms with Crippen molar-refractivity contribution in [1.82, 2.24) is 0 Å². The second-order valence-electron chi connectivity index (χ2n) is 6.24. The van der Waals surface area contributed by atoms with E-state index in [0.717, 1.165) is 23.5 Å². The van der Waals surface area contributed by atoms with Gasteiger partial charge in [-0.2, -0.15) is 13.2 Å². The number of hydrogen-bond acceptors (Lipinski definition) is 4. The molecule has 154 valence electrons. The number of alkyl halides is 3. The van der Waals surface area contributed by atoms with Gasteiger partial charge in [-0.1, -0.05) is 23.2 Å². The summed E-state index contributed by atoms with van der Waals surface area (Å²) in [7, 11) is 1.19. The molecular formula is C19H12Cl2F4O3S. The van der Waals surface area contributed by atoms with Gasteiger partial charge in [-0.25, -0.2) is 9.18 Å². The van der Waals surface area contributed by atoms with Gasteiger partial charge in [-0.15, -0.1) is 11.3 Å². The fourth-order valence-corrected chi connectivity index (χ4v) is 4.88. The fourth-order valence-electron chi connectivity index (χ4n) is 3.16. The molecule has 1 aliphatic rings. The Morgan fingerprint density at radius 2 is 1.66 bits per heavy atom. The minimum Gasteiger partial charge on any atom is -0.465 e. The molecule has 2 aromatic rings. The highest BCUT2D eigenvalue weighted by molar-refractivity contribution is 7.16. The Morgan fingerprint density at radius 3 is 2.17 bits per heavy atom. The highest BCUT2D eigenvalue weighted by Gasteiger charge is 2.37. The van der Waals surface area contributed by atoms with E-state index in [1.165, 1.54) is 7.11 Å². The number of carbonyl (C=O) groups excluding carboxylic acids is 2. The number of benzene rings is 1. The highest BCUT2D eigenvalue weighted by atomic mass is 35.5. The number of rotatable bonds is 4. The number of thiophene rings is 1. The zero-order valence-electron chi connectivity index (χ0n) is 14.8. The summed E-state index contributed by atoms with van der Waals surface area (Å²) in [6.07, 6.45) is -2.80. The number of allylic oxidation sites excluding steroid dienone is 2. The molecule has 0 fully saturated rings. The van der Waals surface area contributed by atoms with Crippen molar-refractivity contribution >= 4 is 51.9 Å². The van der Waals surface area contributed by atoms with E-state index in [1.807, 2.05) is 0 Å². The van der Waals surface area contributed by atoms with Gasteiger partial charge in [-0.3, -0.25) is 4.79 Å². The monoisotopic (exact) mass is 466 g/mol. The topological polar surface area (TPSA) is 43.4 Å². The van der Waals surface area contributed by atoms with E-state index in [1.54, 1.807) is 0 Å². The lowest BCUT2D eigenvalue weighted by Crippen LogP contribution is -2.13. The zero-order valence-corrected chi connectivity index (χ0v) is 17.1. The number of esters is 1. The summed E-state index contributed by atoms with van der Waals surface area (Å²) in [4.78, 5) is 24.9. The van der Waals surface area contributed by atoms with Crippen molar-refractivity contribution < 1.29 is 31.9 Å². The molecule has 1 aliphatic carbocycles. The molecule has 0 N–H and O–H groups in total. The number of halogens is 6. The lowest BCUT2D eigenvalue weighted by atomic mass is 10.0. The first-order valence-corrected chi connectivity index (χ1v) is 9.82. The van der Waals surface area contributed by atoms with Crippen molar-refractivity contribution in [3.8, 4) is 0 Å². The SMILES string of the molecule is COC(=O)c1sc(C(=O)/C=C(/c2cc(Cl)c(F)c(Cl)c2)C(F)(F)F)c2c1CCC2. The van der Waals surface area contributed by atoms with Crippen molar-refractivity contribution in [2.75, 3.05) is 7.11 Å². The third kappa shape index (κ3) is 4.20. The Morgan fingerprint density at radius 1 is 1.10 bits per heavy atom. The van der Waals surface area contributed by atoms with Crippen molar-refractivity contribution in [2.24, 2.45) is 0 Å². The van der Waals surface area contributed by atoms with Crippen LogP contribution in [0, 0.1) is 5.82 Å². The molecule has 0 bridgehead atoms. The average molecular weight is 467 g/mol. The van der Waals surface area contributed by atoms with Crippen LogP contribution < -0.4 is 0 Å². The molecule has 29 heavy (non-hydrogen) atoms. The predicted octanol–water partition coefficient (Wildman–Crippen LogP) is 6.30. The first-order valence-electron chi connectivity index (χ1n) is 8.25. The van der Waals surface area contributed by atoms with Gasteiger partial charge in [0.25, 0.3) is 0 Å². The molecule has 0 radical (unpaired) electrons. The van der Waals surface area contributed by atoms with E-state index < -0.39 is 44.9 Å². The fraction of sp³-hybridized carbons (Fsp3) is 0.263. The maximum atomic E-state index is 13.6. The number of ether oxygens (including phenoxy) is 1. The molecule has 0 spiro atoms. The predicted molar refractivity (Wildman–Crippen MR) is 102 cm³/mol. The summed E-state index contributed by atoms with van der Waals surface area (Å²) in [5, 5.41) is -1.19. The molecule has 0 atom stereocenters. The van der Waals surface area contributed by atoms with Crippen LogP contribution in [0.5, 0.6) is 0 Å². The summed E-state index contributed by atoms with van der Waals surface area (Å²) >= 11 is 12.0. The Bertz CT molecular complexity index is 1020. The van der Waals surface area contributed by atoms with E-state index in [9.17, 15) is 27.2 Å². The van der Waals surface area contributed by atoms with E-state index in [4.69, 9.17) is 27.9 Å². The van der Waals surface area contributed by atoms with Crippen molar-refractivity contribution in [2.45, 2.75) is 25.4 Å². The number of ketones is 1. The molecule has 1 heterocycles. The van der Waals surface area contributed by atoms with Crippen LogP contribution in [0.4, 0.5) is 17.6 Å². The van der Waals surface area contributed by atoms with Crippen LogP contribution in [0.25, 0.3) is 5.57 Å². The lowest BCUT2D eigenvalue weighted by Gasteiger charge is -2.13. The van der Waals surface area contributed by atoms with Gasteiger partial charge in [0.2, 0.25) is 0 Å². The Labute approximate surface area is 176 Å². The summed E-state index contributed by atoms with van der Waals surface area (Å²) in [6.45, 7) is 0. The number of hydrogen-bond donors (Lipinski definition) is 0. The number of methoxy groups -OCH3 is 1. The van der Waals surface area contributed by atoms with Crippen molar-refractivity contribution in [1.29, 1.82) is 0 Å². The second-order valence-corrected chi connectivity index (χ2v) is 8.07. The summed E-state index contributed by atoms with van der Waals surface area (Å²) in [5.74, 6) is -2.60. The quantitative estimate of drug-likeness (QED) is 0.174. The molecular weight excluding hydrogens is 455 g/mol. The smallest absolute Gasteiger partial charge is 0.417 e. The Balaban J connectivity index is 2.11. The number of carbonyl (C=O) groups is 2. The third-order valence-electron chi connectivity index (χ3n) is 4.44. The molecule has 0 amide bonds.